The SMILES string of the molecule is O=C(c1ccc(F)cc1)C1CCN(C2CN(C(=O)c3cccs3)CCC2O)CC1. The number of carbonyl (C=O) groups is 2. The molecule has 1 N–H and O–H groups in total. The summed E-state index contributed by atoms with van der Waals surface area (Å²) in [6.45, 7) is 2.49. The van der Waals surface area contributed by atoms with E-state index >= 15 is 0 Å². The molecule has 154 valence electrons. The first kappa shape index (κ1) is 20.2. The van der Waals surface area contributed by atoms with Crippen LogP contribution in [0.5, 0.6) is 0 Å². The standard InChI is InChI=1S/C22H25FN2O3S/c23-17-5-3-15(4-6-17)21(27)16-7-10-24(11-8-16)18-14-25(12-9-19(18)26)22(28)20-2-1-13-29-20/h1-6,13,16,18-19,26H,7-12,14H2. The third-order valence-electron chi connectivity index (χ3n) is 6.06. The van der Waals surface area contributed by atoms with Crippen molar-refractivity contribution in [1.29, 1.82) is 0 Å². The van der Waals surface area contributed by atoms with E-state index in [1.807, 2.05) is 22.4 Å². The van der Waals surface area contributed by atoms with E-state index in [0.29, 0.717) is 51.0 Å². The molecule has 2 aliphatic rings. The van der Waals surface area contributed by atoms with Gasteiger partial charge < -0.3 is 10.0 Å². The largest absolute Gasteiger partial charge is 0.391 e. The Balaban J connectivity index is 1.36. The molecule has 0 radical (unpaired) electrons. The molecule has 1 amide bonds. The van der Waals surface area contributed by atoms with Crippen LogP contribution in [-0.4, -0.2) is 64.9 Å². The molecule has 0 saturated carbocycles. The van der Waals surface area contributed by atoms with Gasteiger partial charge in [-0.3, -0.25) is 14.5 Å². The third kappa shape index (κ3) is 4.42. The maximum absolute atomic E-state index is 13.1. The molecule has 3 heterocycles. The maximum atomic E-state index is 13.1. The Kier molecular flexibility index (Phi) is 6.08. The quantitative estimate of drug-likeness (QED) is 0.779. The van der Waals surface area contributed by atoms with Gasteiger partial charge in [-0.25, -0.2) is 4.39 Å². The Labute approximate surface area is 173 Å². The van der Waals surface area contributed by atoms with Gasteiger partial charge in [-0.05, 0) is 68.1 Å². The Morgan fingerprint density at radius 3 is 2.41 bits per heavy atom. The number of hydrogen-bond donors (Lipinski definition) is 1. The number of thiophene rings is 1. The first-order valence-corrected chi connectivity index (χ1v) is 11.0. The summed E-state index contributed by atoms with van der Waals surface area (Å²) in [5, 5.41) is 12.4. The topological polar surface area (TPSA) is 60.9 Å². The normalized spacial score (nSPS) is 23.9. The predicted octanol–water partition coefficient (Wildman–Crippen LogP) is 3.06. The minimum absolute atomic E-state index is 0.0262. The fourth-order valence-electron chi connectivity index (χ4n) is 4.36. The molecule has 2 fully saturated rings. The smallest absolute Gasteiger partial charge is 0.263 e. The highest BCUT2D eigenvalue weighted by Crippen LogP contribution is 2.27. The van der Waals surface area contributed by atoms with E-state index in [9.17, 15) is 19.1 Å². The molecule has 2 aromatic rings. The van der Waals surface area contributed by atoms with Crippen LogP contribution in [0, 0.1) is 11.7 Å². The van der Waals surface area contributed by atoms with Crippen LogP contribution in [0.2, 0.25) is 0 Å². The van der Waals surface area contributed by atoms with E-state index < -0.39 is 6.10 Å². The molecular formula is C22H25FN2O3S. The summed E-state index contributed by atoms with van der Waals surface area (Å²) in [7, 11) is 0. The number of amides is 1. The predicted molar refractivity (Wildman–Crippen MR) is 110 cm³/mol. The van der Waals surface area contributed by atoms with Gasteiger partial charge in [0.2, 0.25) is 0 Å². The van der Waals surface area contributed by atoms with E-state index in [-0.39, 0.29) is 29.5 Å². The molecule has 2 saturated heterocycles. The van der Waals surface area contributed by atoms with Crippen molar-refractivity contribution in [2.75, 3.05) is 26.2 Å². The highest BCUT2D eigenvalue weighted by molar-refractivity contribution is 7.12. The minimum atomic E-state index is -0.466. The second kappa shape index (κ2) is 8.73. The lowest BCUT2D eigenvalue weighted by atomic mass is 9.87. The number of aliphatic hydroxyl groups is 1. The summed E-state index contributed by atoms with van der Waals surface area (Å²) >= 11 is 1.44. The van der Waals surface area contributed by atoms with Crippen LogP contribution in [0.15, 0.2) is 41.8 Å². The van der Waals surface area contributed by atoms with Crippen molar-refractivity contribution in [3.8, 4) is 0 Å². The summed E-state index contributed by atoms with van der Waals surface area (Å²) < 4.78 is 13.1. The van der Waals surface area contributed by atoms with Gasteiger partial charge in [-0.2, -0.15) is 0 Å². The molecular weight excluding hydrogens is 391 g/mol. The zero-order valence-corrected chi connectivity index (χ0v) is 17.0. The summed E-state index contributed by atoms with van der Waals surface area (Å²) in [5.41, 5.74) is 0.551. The van der Waals surface area contributed by atoms with E-state index in [2.05, 4.69) is 4.90 Å². The summed E-state index contributed by atoms with van der Waals surface area (Å²) in [6.07, 6.45) is 1.51. The van der Waals surface area contributed by atoms with Crippen molar-refractivity contribution in [1.82, 2.24) is 9.80 Å². The fraction of sp³-hybridized carbons (Fsp3) is 0.455. The number of likely N-dealkylation sites (tertiary alicyclic amines) is 2. The van der Waals surface area contributed by atoms with Crippen molar-refractivity contribution in [3.63, 3.8) is 0 Å². The average molecular weight is 417 g/mol. The van der Waals surface area contributed by atoms with Gasteiger partial charge in [-0.1, -0.05) is 6.07 Å². The van der Waals surface area contributed by atoms with Crippen LogP contribution in [-0.2, 0) is 0 Å². The Morgan fingerprint density at radius 1 is 1.03 bits per heavy atom. The molecule has 2 atom stereocenters. The molecule has 1 aromatic carbocycles. The number of hydrogen-bond acceptors (Lipinski definition) is 5. The lowest BCUT2D eigenvalue weighted by Gasteiger charge is -2.44. The number of Topliss-reactive ketones (excluding diaryl/α,β-unsaturated/α-hetero) is 1. The Bertz CT molecular complexity index is 847. The fourth-order valence-corrected chi connectivity index (χ4v) is 5.05. The number of halogens is 1. The van der Waals surface area contributed by atoms with Crippen molar-refractivity contribution in [2.24, 2.45) is 5.92 Å². The van der Waals surface area contributed by atoms with Gasteiger partial charge in [0.15, 0.2) is 5.78 Å². The van der Waals surface area contributed by atoms with Crippen LogP contribution < -0.4 is 0 Å². The summed E-state index contributed by atoms with van der Waals surface area (Å²) in [6, 6.07) is 9.33. The Morgan fingerprint density at radius 2 is 1.76 bits per heavy atom. The van der Waals surface area contributed by atoms with Crippen molar-refractivity contribution < 1.29 is 19.1 Å². The molecule has 29 heavy (non-hydrogen) atoms. The van der Waals surface area contributed by atoms with Gasteiger partial charge in [0, 0.05) is 24.6 Å². The van der Waals surface area contributed by atoms with Crippen molar-refractivity contribution >= 4 is 23.0 Å². The maximum Gasteiger partial charge on any atom is 0.263 e. The Hall–Kier alpha value is -2.09. The molecule has 2 aliphatic heterocycles. The van der Waals surface area contributed by atoms with Crippen molar-refractivity contribution in [2.45, 2.75) is 31.4 Å². The minimum Gasteiger partial charge on any atom is -0.391 e. The van der Waals surface area contributed by atoms with Gasteiger partial charge in [0.05, 0.1) is 17.0 Å². The number of aliphatic hydroxyl groups excluding tert-OH is 1. The van der Waals surface area contributed by atoms with Crippen LogP contribution in [0.25, 0.3) is 0 Å². The number of piperidine rings is 2. The first-order chi connectivity index (χ1) is 14.0. The van der Waals surface area contributed by atoms with E-state index in [4.69, 9.17) is 0 Å². The lowest BCUT2D eigenvalue weighted by Crippen LogP contribution is -2.58. The summed E-state index contributed by atoms with van der Waals surface area (Å²) in [5.74, 6) is -0.341. The number of nitrogens with zero attached hydrogens (tertiary/aromatic N) is 2. The van der Waals surface area contributed by atoms with Gasteiger partial charge in [-0.15, -0.1) is 11.3 Å². The molecule has 0 spiro atoms. The second-order valence-corrected chi connectivity index (χ2v) is 8.78. The van der Waals surface area contributed by atoms with Crippen molar-refractivity contribution in [3.05, 3.63) is 58.0 Å². The molecule has 1 aromatic heterocycles. The number of benzene rings is 1. The van der Waals surface area contributed by atoms with E-state index in [1.165, 1.54) is 23.5 Å². The number of rotatable bonds is 4. The van der Waals surface area contributed by atoms with E-state index in [0.717, 1.165) is 4.88 Å². The molecule has 5 nitrogen and oxygen atoms in total. The molecule has 2 unspecified atom stereocenters. The molecule has 0 bridgehead atoms. The monoisotopic (exact) mass is 416 g/mol. The molecule has 7 heteroatoms. The average Bonchev–Trinajstić information content (AvgIpc) is 3.29. The zero-order valence-electron chi connectivity index (χ0n) is 16.2. The van der Waals surface area contributed by atoms with Crippen LogP contribution in [0.4, 0.5) is 4.39 Å². The van der Waals surface area contributed by atoms with Gasteiger partial charge in [0.25, 0.3) is 5.91 Å². The third-order valence-corrected chi connectivity index (χ3v) is 6.92. The lowest BCUT2D eigenvalue weighted by molar-refractivity contribution is -0.0174. The van der Waals surface area contributed by atoms with Crippen LogP contribution in [0.3, 0.4) is 0 Å². The number of carbonyl (C=O) groups excluding carboxylic acids is 2. The zero-order chi connectivity index (χ0) is 20.4. The van der Waals surface area contributed by atoms with Crippen LogP contribution >= 0.6 is 11.3 Å². The highest BCUT2D eigenvalue weighted by Gasteiger charge is 2.37. The van der Waals surface area contributed by atoms with E-state index in [1.54, 1.807) is 12.1 Å². The second-order valence-electron chi connectivity index (χ2n) is 7.83. The molecule has 4 rings (SSSR count). The van der Waals surface area contributed by atoms with Gasteiger partial charge in [0.1, 0.15) is 5.82 Å². The van der Waals surface area contributed by atoms with Crippen LogP contribution in [0.1, 0.15) is 39.3 Å². The summed E-state index contributed by atoms with van der Waals surface area (Å²) in [4.78, 5) is 30.1. The molecule has 0 aliphatic carbocycles. The number of ketones is 1. The van der Waals surface area contributed by atoms with Gasteiger partial charge >= 0.3 is 0 Å². The highest BCUT2D eigenvalue weighted by atomic mass is 32.1. The first-order valence-electron chi connectivity index (χ1n) is 10.1.